The lowest BCUT2D eigenvalue weighted by molar-refractivity contribution is -0.274. The van der Waals surface area contributed by atoms with Gasteiger partial charge in [-0.25, -0.2) is 4.98 Å². The molecule has 200 valence electrons. The van der Waals surface area contributed by atoms with E-state index in [0.717, 1.165) is 56.2 Å². The number of rotatable bonds is 9. The van der Waals surface area contributed by atoms with E-state index in [1.165, 1.54) is 12.1 Å². The molecule has 7 nitrogen and oxygen atoms in total. The van der Waals surface area contributed by atoms with Crippen LogP contribution in [0.4, 0.5) is 19.0 Å². The van der Waals surface area contributed by atoms with Gasteiger partial charge in [0.25, 0.3) is 0 Å². The Hall–Kier alpha value is -3.40. The number of alkyl halides is 3. The average molecular weight is 528 g/mol. The van der Waals surface area contributed by atoms with Crippen LogP contribution in [0.2, 0.25) is 0 Å². The monoisotopic (exact) mass is 527 g/mol. The van der Waals surface area contributed by atoms with Gasteiger partial charge in [-0.15, -0.1) is 13.2 Å². The second kappa shape index (κ2) is 10.1. The molecule has 3 fully saturated rings. The van der Waals surface area contributed by atoms with Gasteiger partial charge in [-0.3, -0.25) is 0 Å². The van der Waals surface area contributed by atoms with Crippen LogP contribution in [0.3, 0.4) is 0 Å². The molecule has 0 radical (unpaired) electrons. The van der Waals surface area contributed by atoms with Crippen molar-refractivity contribution in [3.8, 4) is 17.0 Å². The molecule has 38 heavy (non-hydrogen) atoms. The summed E-state index contributed by atoms with van der Waals surface area (Å²) in [6.45, 7) is 0.216. The molecule has 2 bridgehead atoms. The Labute approximate surface area is 217 Å². The number of hydrogen-bond donors (Lipinski definition) is 0. The third-order valence-electron chi connectivity index (χ3n) is 7.68. The number of ether oxygens (including phenoxy) is 2. The highest BCUT2D eigenvalue weighted by atomic mass is 19.4. The van der Waals surface area contributed by atoms with Crippen LogP contribution in [0.15, 0.2) is 47.1 Å². The Morgan fingerprint density at radius 2 is 1.82 bits per heavy atom. The number of aromatic nitrogens is 2. The third kappa shape index (κ3) is 5.14. The van der Waals surface area contributed by atoms with E-state index < -0.39 is 6.36 Å². The van der Waals surface area contributed by atoms with Crippen LogP contribution in [-0.2, 0) is 22.6 Å². The Bertz CT molecular complexity index is 1280. The number of carbonyl (C=O) groups is 1. The standard InChI is InChI=1S/C28H28F3N3O4/c29-28(30,31)37-24-4-2-1-3-22(24)26-23(27(38-33-26)18-6-7-18)16-36-21-13-19-8-9-20(14-21)34(19)25-10-5-17(11-12-35)15-32-25/h1-5,10,12,15,18-21H,6-9,11,13-14,16H2. The van der Waals surface area contributed by atoms with Crippen molar-refractivity contribution in [2.45, 2.75) is 82.0 Å². The fourth-order valence-electron chi connectivity index (χ4n) is 5.84. The highest BCUT2D eigenvalue weighted by Gasteiger charge is 2.42. The van der Waals surface area contributed by atoms with Crippen molar-refractivity contribution in [3.05, 3.63) is 59.5 Å². The predicted molar refractivity (Wildman–Crippen MR) is 132 cm³/mol. The van der Waals surface area contributed by atoms with Crippen molar-refractivity contribution in [2.75, 3.05) is 4.90 Å². The number of halogens is 3. The molecule has 1 aliphatic carbocycles. The summed E-state index contributed by atoms with van der Waals surface area (Å²) in [5.74, 6) is 1.53. The summed E-state index contributed by atoms with van der Waals surface area (Å²) in [6.07, 6.45) is 3.89. The van der Waals surface area contributed by atoms with Crippen LogP contribution >= 0.6 is 0 Å². The molecule has 0 spiro atoms. The van der Waals surface area contributed by atoms with Crippen molar-refractivity contribution < 1.29 is 32.0 Å². The molecule has 2 aromatic heterocycles. The summed E-state index contributed by atoms with van der Waals surface area (Å²) in [5.41, 5.74) is 2.17. The minimum absolute atomic E-state index is 0.00885. The summed E-state index contributed by atoms with van der Waals surface area (Å²) in [7, 11) is 0. The Balaban J connectivity index is 1.18. The highest BCUT2D eigenvalue weighted by Crippen LogP contribution is 2.46. The van der Waals surface area contributed by atoms with E-state index in [0.29, 0.717) is 35.5 Å². The van der Waals surface area contributed by atoms with Crippen LogP contribution in [-0.4, -0.2) is 41.0 Å². The lowest BCUT2D eigenvalue weighted by atomic mass is 9.99. The molecule has 1 saturated carbocycles. The number of piperidine rings is 1. The quantitative estimate of drug-likeness (QED) is 0.317. The van der Waals surface area contributed by atoms with E-state index in [9.17, 15) is 18.0 Å². The van der Waals surface area contributed by atoms with Crippen molar-refractivity contribution in [2.24, 2.45) is 0 Å². The zero-order valence-electron chi connectivity index (χ0n) is 20.7. The molecule has 2 unspecified atom stereocenters. The number of carbonyl (C=O) groups excluding carboxylic acids is 1. The summed E-state index contributed by atoms with van der Waals surface area (Å²) in [6, 6.07) is 10.5. The Kier molecular flexibility index (Phi) is 6.59. The third-order valence-corrected chi connectivity index (χ3v) is 7.68. The molecular formula is C28H28F3N3O4. The minimum Gasteiger partial charge on any atom is -0.405 e. The first-order valence-corrected chi connectivity index (χ1v) is 13.0. The predicted octanol–water partition coefficient (Wildman–Crippen LogP) is 5.97. The lowest BCUT2D eigenvalue weighted by Gasteiger charge is -2.39. The number of benzene rings is 1. The van der Waals surface area contributed by atoms with E-state index in [-0.39, 0.29) is 29.9 Å². The van der Waals surface area contributed by atoms with Crippen molar-refractivity contribution >= 4 is 12.1 Å². The summed E-state index contributed by atoms with van der Waals surface area (Å²) in [5, 5.41) is 4.18. The fourth-order valence-corrected chi connectivity index (χ4v) is 5.84. The molecule has 10 heteroatoms. The smallest absolute Gasteiger partial charge is 0.405 e. The van der Waals surface area contributed by atoms with E-state index in [2.05, 4.69) is 19.8 Å². The van der Waals surface area contributed by atoms with E-state index in [4.69, 9.17) is 9.26 Å². The number of anilines is 1. The topological polar surface area (TPSA) is 77.7 Å². The number of aldehydes is 1. The van der Waals surface area contributed by atoms with Gasteiger partial charge in [-0.05, 0) is 62.3 Å². The van der Waals surface area contributed by atoms with Gasteiger partial charge in [0.15, 0.2) is 0 Å². The maximum absolute atomic E-state index is 13.0. The number of pyridine rings is 1. The fraction of sp³-hybridized carbons (Fsp3) is 0.464. The SMILES string of the molecule is O=CCc1ccc(N2C3CCC2CC(OCc2c(-c4ccccc4OC(F)(F)F)noc2C2CC2)C3)nc1. The number of hydrogen-bond acceptors (Lipinski definition) is 7. The number of nitrogens with zero attached hydrogens (tertiary/aromatic N) is 3. The van der Waals surface area contributed by atoms with Gasteiger partial charge >= 0.3 is 6.36 Å². The lowest BCUT2D eigenvalue weighted by Crippen LogP contribution is -2.46. The second-order valence-electron chi connectivity index (χ2n) is 10.3. The number of para-hydroxylation sites is 1. The van der Waals surface area contributed by atoms with Gasteiger partial charge in [0.2, 0.25) is 0 Å². The van der Waals surface area contributed by atoms with E-state index in [1.807, 2.05) is 12.1 Å². The normalized spacial score (nSPS) is 23.0. The molecular weight excluding hydrogens is 499 g/mol. The first-order valence-electron chi connectivity index (χ1n) is 13.0. The van der Waals surface area contributed by atoms with Crippen LogP contribution in [0, 0.1) is 0 Å². The molecule has 3 aliphatic rings. The Morgan fingerprint density at radius 1 is 1.05 bits per heavy atom. The van der Waals surface area contributed by atoms with Gasteiger partial charge in [0.05, 0.1) is 12.7 Å². The van der Waals surface area contributed by atoms with Gasteiger partial charge in [-0.2, -0.15) is 0 Å². The molecule has 2 atom stereocenters. The summed E-state index contributed by atoms with van der Waals surface area (Å²) < 4.78 is 55.5. The molecule has 0 N–H and O–H groups in total. The Morgan fingerprint density at radius 3 is 2.47 bits per heavy atom. The van der Waals surface area contributed by atoms with Gasteiger partial charge in [0, 0.05) is 41.7 Å². The van der Waals surface area contributed by atoms with Gasteiger partial charge in [0.1, 0.15) is 29.3 Å². The van der Waals surface area contributed by atoms with Crippen molar-refractivity contribution in [3.63, 3.8) is 0 Å². The van der Waals surface area contributed by atoms with E-state index >= 15 is 0 Å². The summed E-state index contributed by atoms with van der Waals surface area (Å²) in [4.78, 5) is 17.8. The van der Waals surface area contributed by atoms with Crippen molar-refractivity contribution in [1.82, 2.24) is 10.1 Å². The van der Waals surface area contributed by atoms with Gasteiger partial charge < -0.3 is 23.7 Å². The number of fused-ring (bicyclic) bond motifs is 2. The maximum atomic E-state index is 13.0. The minimum atomic E-state index is -4.81. The zero-order chi connectivity index (χ0) is 26.3. The first-order chi connectivity index (χ1) is 18.4. The van der Waals surface area contributed by atoms with Crippen LogP contribution < -0.4 is 9.64 Å². The summed E-state index contributed by atoms with van der Waals surface area (Å²) >= 11 is 0. The maximum Gasteiger partial charge on any atom is 0.573 e. The largest absolute Gasteiger partial charge is 0.573 e. The molecule has 6 rings (SSSR count). The molecule has 2 saturated heterocycles. The van der Waals surface area contributed by atoms with Crippen LogP contribution in [0.25, 0.3) is 11.3 Å². The second-order valence-corrected chi connectivity index (χ2v) is 10.3. The molecule has 2 aliphatic heterocycles. The zero-order valence-corrected chi connectivity index (χ0v) is 20.7. The molecule has 3 aromatic rings. The molecule has 1 aromatic carbocycles. The highest BCUT2D eigenvalue weighted by molar-refractivity contribution is 5.70. The molecule has 0 amide bonds. The average Bonchev–Trinajstić information content (AvgIpc) is 3.59. The van der Waals surface area contributed by atoms with Crippen LogP contribution in [0.5, 0.6) is 5.75 Å². The van der Waals surface area contributed by atoms with E-state index in [1.54, 1.807) is 18.3 Å². The first kappa shape index (κ1) is 24.9. The van der Waals surface area contributed by atoms with Crippen LogP contribution in [0.1, 0.15) is 61.3 Å². The molecule has 4 heterocycles. The van der Waals surface area contributed by atoms with Crippen molar-refractivity contribution in [1.29, 1.82) is 0 Å². The van der Waals surface area contributed by atoms with Gasteiger partial charge in [-0.1, -0.05) is 23.4 Å².